The van der Waals surface area contributed by atoms with Gasteiger partial charge in [-0.2, -0.15) is 0 Å². The Balaban J connectivity index is 1.62. The van der Waals surface area contributed by atoms with E-state index in [0.717, 1.165) is 15.0 Å². The number of anilines is 1. The molecule has 6 nitrogen and oxygen atoms in total. The van der Waals surface area contributed by atoms with Crippen LogP contribution in [0.25, 0.3) is 6.08 Å². The summed E-state index contributed by atoms with van der Waals surface area (Å²) >= 11 is 10.8. The number of carbonyl (C=O) groups is 2. The highest BCUT2D eigenvalue weighted by Gasteiger charge is 2.33. The summed E-state index contributed by atoms with van der Waals surface area (Å²) in [7, 11) is 0. The summed E-state index contributed by atoms with van der Waals surface area (Å²) in [4.78, 5) is 27.5. The number of carbonyl (C=O) groups excluding carboxylic acids is 2. The highest BCUT2D eigenvalue weighted by molar-refractivity contribution is 8.26. The molecule has 2 amide bonds. The Morgan fingerprint density at radius 1 is 1.48 bits per heavy atom. The maximum atomic E-state index is 12.5. The van der Waals surface area contributed by atoms with Crippen molar-refractivity contribution in [3.8, 4) is 0 Å². The van der Waals surface area contributed by atoms with Crippen LogP contribution in [0.2, 0.25) is 0 Å². The second-order valence-corrected chi connectivity index (χ2v) is 9.78. The second kappa shape index (κ2) is 8.41. The predicted molar refractivity (Wildman–Crippen MR) is 109 cm³/mol. The van der Waals surface area contributed by atoms with Crippen molar-refractivity contribution in [2.75, 3.05) is 17.6 Å². The molecule has 130 valence electrons. The number of aromatic nitrogens is 2. The smallest absolute Gasteiger partial charge is 0.266 e. The molecule has 0 aromatic carbocycles. The van der Waals surface area contributed by atoms with Crippen LogP contribution >= 0.6 is 58.4 Å². The quantitative estimate of drug-likeness (QED) is 0.326. The van der Waals surface area contributed by atoms with E-state index in [0.29, 0.717) is 14.4 Å². The van der Waals surface area contributed by atoms with E-state index in [1.54, 1.807) is 17.8 Å². The van der Waals surface area contributed by atoms with E-state index >= 15 is 0 Å². The first-order valence-electron chi connectivity index (χ1n) is 7.12. The molecule has 0 spiro atoms. The number of thioether (sulfide) groups is 2. The van der Waals surface area contributed by atoms with Crippen molar-refractivity contribution in [3.05, 3.63) is 27.3 Å². The molecule has 0 radical (unpaired) electrons. The van der Waals surface area contributed by atoms with Gasteiger partial charge in [0.15, 0.2) is 4.34 Å². The SMILES string of the molecule is CCSc1nnc(NC(=O)CN2C(=O)/C(=C/c3cccs3)SC2=S)s1. The minimum absolute atomic E-state index is 0.137. The second-order valence-electron chi connectivity index (χ2n) is 4.64. The number of rotatable bonds is 6. The molecular formula is C14H12N4O2S5. The molecule has 2 aromatic rings. The lowest BCUT2D eigenvalue weighted by atomic mass is 10.3. The van der Waals surface area contributed by atoms with Crippen LogP contribution in [0.3, 0.4) is 0 Å². The Kier molecular flexibility index (Phi) is 6.23. The molecule has 2 aromatic heterocycles. The summed E-state index contributed by atoms with van der Waals surface area (Å²) in [6.07, 6.45) is 1.79. The molecule has 0 atom stereocenters. The minimum Gasteiger partial charge on any atom is -0.299 e. The molecule has 11 heteroatoms. The van der Waals surface area contributed by atoms with Crippen molar-refractivity contribution >= 4 is 85.8 Å². The largest absolute Gasteiger partial charge is 0.299 e. The molecule has 0 unspecified atom stereocenters. The first-order chi connectivity index (χ1) is 12.1. The summed E-state index contributed by atoms with van der Waals surface area (Å²) < 4.78 is 1.17. The standard InChI is InChI=1S/C14H12N4O2S5/c1-2-22-13-17-16-12(25-13)15-10(19)7-18-11(20)9(24-14(18)21)6-8-4-3-5-23-8/h3-6H,2,7H2,1H3,(H,15,16,19)/b9-6-. The van der Waals surface area contributed by atoms with Gasteiger partial charge in [-0.05, 0) is 23.3 Å². The lowest BCUT2D eigenvalue weighted by Gasteiger charge is -2.12. The van der Waals surface area contributed by atoms with E-state index < -0.39 is 0 Å². The predicted octanol–water partition coefficient (Wildman–Crippen LogP) is 3.55. The van der Waals surface area contributed by atoms with Gasteiger partial charge in [-0.15, -0.1) is 21.5 Å². The Morgan fingerprint density at radius 3 is 3.04 bits per heavy atom. The Labute approximate surface area is 166 Å². The van der Waals surface area contributed by atoms with Crippen molar-refractivity contribution < 1.29 is 9.59 Å². The van der Waals surface area contributed by atoms with Gasteiger partial charge in [0.25, 0.3) is 5.91 Å². The van der Waals surface area contributed by atoms with Crippen LogP contribution in [0.1, 0.15) is 11.8 Å². The molecular weight excluding hydrogens is 417 g/mol. The zero-order valence-corrected chi connectivity index (χ0v) is 17.0. The van der Waals surface area contributed by atoms with Crippen LogP contribution in [-0.4, -0.2) is 43.5 Å². The maximum absolute atomic E-state index is 12.5. The number of amides is 2. The molecule has 0 aliphatic carbocycles. The Bertz CT molecular complexity index is 830. The number of thiophene rings is 1. The normalized spacial score (nSPS) is 16.0. The van der Waals surface area contributed by atoms with Crippen LogP contribution in [-0.2, 0) is 9.59 Å². The first-order valence-corrected chi connectivity index (χ1v) is 11.0. The summed E-state index contributed by atoms with van der Waals surface area (Å²) in [6, 6.07) is 3.84. The topological polar surface area (TPSA) is 75.2 Å². The van der Waals surface area contributed by atoms with Crippen LogP contribution in [0.4, 0.5) is 5.13 Å². The first kappa shape index (κ1) is 18.5. The summed E-state index contributed by atoms with van der Waals surface area (Å²) in [6.45, 7) is 1.88. The van der Waals surface area contributed by atoms with E-state index in [-0.39, 0.29) is 18.4 Å². The average molecular weight is 429 g/mol. The maximum Gasteiger partial charge on any atom is 0.266 e. The van der Waals surface area contributed by atoms with Crippen LogP contribution < -0.4 is 5.32 Å². The molecule has 1 aliphatic heterocycles. The molecule has 1 saturated heterocycles. The zero-order chi connectivity index (χ0) is 17.8. The van der Waals surface area contributed by atoms with Crippen molar-refractivity contribution in [2.24, 2.45) is 0 Å². The van der Waals surface area contributed by atoms with Gasteiger partial charge >= 0.3 is 0 Å². The highest BCUT2D eigenvalue weighted by Crippen LogP contribution is 2.33. The molecule has 1 N–H and O–H groups in total. The van der Waals surface area contributed by atoms with Crippen molar-refractivity contribution in [3.63, 3.8) is 0 Å². The molecule has 0 bridgehead atoms. The fourth-order valence-corrected chi connectivity index (χ4v) is 5.53. The van der Waals surface area contributed by atoms with Crippen LogP contribution in [0.5, 0.6) is 0 Å². The molecule has 0 saturated carbocycles. The third kappa shape index (κ3) is 4.67. The molecule has 3 rings (SSSR count). The third-order valence-corrected chi connectivity index (χ3v) is 6.96. The van der Waals surface area contributed by atoms with Gasteiger partial charge in [-0.25, -0.2) is 0 Å². The number of hydrogen-bond donors (Lipinski definition) is 1. The average Bonchev–Trinajstić information content (AvgIpc) is 3.28. The lowest BCUT2D eigenvalue weighted by molar-refractivity contribution is -0.126. The van der Waals surface area contributed by atoms with Crippen molar-refractivity contribution in [2.45, 2.75) is 11.3 Å². The Hall–Kier alpha value is -1.27. The van der Waals surface area contributed by atoms with Gasteiger partial charge in [-0.1, -0.05) is 60.1 Å². The zero-order valence-electron chi connectivity index (χ0n) is 12.9. The van der Waals surface area contributed by atoms with E-state index in [9.17, 15) is 9.59 Å². The lowest BCUT2D eigenvalue weighted by Crippen LogP contribution is -2.36. The van der Waals surface area contributed by atoms with E-state index in [2.05, 4.69) is 15.5 Å². The van der Waals surface area contributed by atoms with E-state index in [4.69, 9.17) is 12.2 Å². The summed E-state index contributed by atoms with van der Waals surface area (Å²) in [5.74, 6) is 0.284. The minimum atomic E-state index is -0.349. The fraction of sp³-hybridized carbons (Fsp3) is 0.214. The Morgan fingerprint density at radius 2 is 2.32 bits per heavy atom. The number of thiocarbonyl (C=S) groups is 1. The summed E-state index contributed by atoms with van der Waals surface area (Å²) in [5, 5.41) is 12.9. The van der Waals surface area contributed by atoms with E-state index in [1.165, 1.54) is 39.3 Å². The summed E-state index contributed by atoms with van der Waals surface area (Å²) in [5.41, 5.74) is 0. The molecule has 3 heterocycles. The fourth-order valence-electron chi connectivity index (χ4n) is 1.88. The third-order valence-electron chi connectivity index (χ3n) is 2.91. The van der Waals surface area contributed by atoms with Crippen LogP contribution in [0, 0.1) is 0 Å². The number of nitrogens with zero attached hydrogens (tertiary/aromatic N) is 3. The molecule has 1 aliphatic rings. The number of hydrogen-bond acceptors (Lipinski definition) is 9. The number of nitrogens with one attached hydrogen (secondary N) is 1. The van der Waals surface area contributed by atoms with Gasteiger partial charge in [-0.3, -0.25) is 19.8 Å². The van der Waals surface area contributed by atoms with Gasteiger partial charge in [0.05, 0.1) is 4.91 Å². The highest BCUT2D eigenvalue weighted by atomic mass is 32.2. The molecule has 1 fully saturated rings. The van der Waals surface area contributed by atoms with Gasteiger partial charge < -0.3 is 0 Å². The van der Waals surface area contributed by atoms with E-state index in [1.807, 2.05) is 24.4 Å². The molecule has 25 heavy (non-hydrogen) atoms. The van der Waals surface area contributed by atoms with Crippen molar-refractivity contribution in [1.29, 1.82) is 0 Å². The van der Waals surface area contributed by atoms with Gasteiger partial charge in [0, 0.05) is 4.88 Å². The monoisotopic (exact) mass is 428 g/mol. The van der Waals surface area contributed by atoms with Crippen LogP contribution in [0.15, 0.2) is 26.8 Å². The van der Waals surface area contributed by atoms with Gasteiger partial charge in [0.1, 0.15) is 10.9 Å². The van der Waals surface area contributed by atoms with Gasteiger partial charge in [0.2, 0.25) is 11.0 Å². The van der Waals surface area contributed by atoms with Crippen molar-refractivity contribution in [1.82, 2.24) is 15.1 Å².